The molecular formula is C12H14N4O2. The van der Waals surface area contributed by atoms with Gasteiger partial charge >= 0.3 is 5.97 Å². The van der Waals surface area contributed by atoms with Crippen LogP contribution in [0.4, 0.5) is 5.69 Å². The molecule has 18 heavy (non-hydrogen) atoms. The van der Waals surface area contributed by atoms with E-state index in [4.69, 9.17) is 5.11 Å². The van der Waals surface area contributed by atoms with Gasteiger partial charge in [-0.15, -0.1) is 10.2 Å². The van der Waals surface area contributed by atoms with Crippen LogP contribution in [0.2, 0.25) is 0 Å². The Morgan fingerprint density at radius 2 is 2.28 bits per heavy atom. The molecule has 0 aliphatic rings. The first-order valence-electron chi connectivity index (χ1n) is 5.51. The van der Waals surface area contributed by atoms with Crippen LogP contribution >= 0.6 is 0 Å². The number of carbonyl (C=O) groups is 1. The van der Waals surface area contributed by atoms with Crippen LogP contribution < -0.4 is 5.32 Å². The molecule has 0 radical (unpaired) electrons. The number of nitrogens with one attached hydrogen (secondary N) is 1. The van der Waals surface area contributed by atoms with Crippen LogP contribution in [0.1, 0.15) is 6.92 Å². The summed E-state index contributed by atoms with van der Waals surface area (Å²) in [6, 6.07) is 6.78. The van der Waals surface area contributed by atoms with Gasteiger partial charge in [0.15, 0.2) is 5.82 Å². The van der Waals surface area contributed by atoms with Crippen LogP contribution in [0.5, 0.6) is 0 Å². The third-order valence-electron chi connectivity index (χ3n) is 2.59. The zero-order valence-corrected chi connectivity index (χ0v) is 10.2. The number of nitrogens with zero attached hydrogens (tertiary/aromatic N) is 3. The van der Waals surface area contributed by atoms with Gasteiger partial charge in [0, 0.05) is 18.3 Å². The Balaban J connectivity index is 2.26. The number of rotatable bonds is 4. The lowest BCUT2D eigenvalue weighted by molar-refractivity contribution is -0.137. The van der Waals surface area contributed by atoms with Gasteiger partial charge in [0.1, 0.15) is 12.4 Å². The topological polar surface area (TPSA) is 80.0 Å². The predicted molar refractivity (Wildman–Crippen MR) is 67.2 cm³/mol. The molecule has 6 heteroatoms. The molecule has 0 bridgehead atoms. The number of aliphatic carboxylic acids is 1. The number of anilines is 1. The summed E-state index contributed by atoms with van der Waals surface area (Å²) in [6.45, 7) is 1.59. The molecule has 0 aliphatic heterocycles. The lowest BCUT2D eigenvalue weighted by Gasteiger charge is -2.11. The van der Waals surface area contributed by atoms with Crippen molar-refractivity contribution in [3.8, 4) is 11.4 Å². The highest BCUT2D eigenvalue weighted by molar-refractivity contribution is 5.77. The van der Waals surface area contributed by atoms with E-state index in [-0.39, 0.29) is 0 Å². The van der Waals surface area contributed by atoms with Crippen molar-refractivity contribution >= 4 is 11.7 Å². The summed E-state index contributed by atoms with van der Waals surface area (Å²) in [5.41, 5.74) is 1.63. The molecule has 0 spiro atoms. The van der Waals surface area contributed by atoms with Crippen molar-refractivity contribution in [2.75, 3.05) is 5.32 Å². The van der Waals surface area contributed by atoms with Crippen LogP contribution in [-0.4, -0.2) is 31.9 Å². The largest absolute Gasteiger partial charge is 0.480 e. The molecule has 0 aliphatic carbocycles. The summed E-state index contributed by atoms with van der Waals surface area (Å²) in [5, 5.41) is 19.6. The van der Waals surface area contributed by atoms with Gasteiger partial charge in [0.2, 0.25) is 0 Å². The van der Waals surface area contributed by atoms with Crippen molar-refractivity contribution in [1.82, 2.24) is 14.8 Å². The first kappa shape index (κ1) is 12.1. The van der Waals surface area contributed by atoms with E-state index in [0.717, 1.165) is 17.1 Å². The fourth-order valence-electron chi connectivity index (χ4n) is 1.60. The third kappa shape index (κ3) is 2.48. The van der Waals surface area contributed by atoms with Crippen LogP contribution in [0.25, 0.3) is 11.4 Å². The van der Waals surface area contributed by atoms with Gasteiger partial charge in [-0.3, -0.25) is 4.79 Å². The predicted octanol–water partition coefficient (Wildman–Crippen LogP) is 1.37. The number of hydrogen-bond acceptors (Lipinski definition) is 4. The monoisotopic (exact) mass is 246 g/mol. The van der Waals surface area contributed by atoms with E-state index in [1.54, 1.807) is 17.8 Å². The second-order valence-electron chi connectivity index (χ2n) is 4.05. The van der Waals surface area contributed by atoms with Gasteiger partial charge in [-0.1, -0.05) is 12.1 Å². The highest BCUT2D eigenvalue weighted by Gasteiger charge is 2.11. The molecule has 1 unspecified atom stereocenters. The number of aromatic nitrogens is 3. The van der Waals surface area contributed by atoms with E-state index in [1.807, 2.05) is 31.3 Å². The molecule has 1 atom stereocenters. The van der Waals surface area contributed by atoms with Crippen molar-refractivity contribution in [2.24, 2.45) is 7.05 Å². The molecule has 6 nitrogen and oxygen atoms in total. The van der Waals surface area contributed by atoms with E-state index in [1.165, 1.54) is 0 Å². The van der Waals surface area contributed by atoms with Gasteiger partial charge < -0.3 is 15.0 Å². The summed E-state index contributed by atoms with van der Waals surface area (Å²) in [5.74, 6) is -0.152. The highest BCUT2D eigenvalue weighted by atomic mass is 16.4. The lowest BCUT2D eigenvalue weighted by Crippen LogP contribution is -2.25. The van der Waals surface area contributed by atoms with E-state index in [2.05, 4.69) is 15.5 Å². The summed E-state index contributed by atoms with van der Waals surface area (Å²) in [7, 11) is 1.86. The molecule has 0 fully saturated rings. The minimum absolute atomic E-state index is 0.639. The van der Waals surface area contributed by atoms with Gasteiger partial charge in [-0.25, -0.2) is 0 Å². The van der Waals surface area contributed by atoms with E-state index < -0.39 is 12.0 Å². The van der Waals surface area contributed by atoms with Gasteiger partial charge in [0.05, 0.1) is 0 Å². The molecule has 1 aromatic carbocycles. The molecule has 94 valence electrons. The quantitative estimate of drug-likeness (QED) is 0.851. The molecule has 0 amide bonds. The van der Waals surface area contributed by atoms with Crippen molar-refractivity contribution in [1.29, 1.82) is 0 Å². The first-order chi connectivity index (χ1) is 8.58. The highest BCUT2D eigenvalue weighted by Crippen LogP contribution is 2.20. The Morgan fingerprint density at radius 1 is 1.50 bits per heavy atom. The summed E-state index contributed by atoms with van der Waals surface area (Å²) >= 11 is 0. The minimum atomic E-state index is -0.890. The SMILES string of the molecule is CC(Nc1cccc(-c2nncn2C)c1)C(=O)O. The van der Waals surface area contributed by atoms with Crippen molar-refractivity contribution < 1.29 is 9.90 Å². The fourth-order valence-corrected chi connectivity index (χ4v) is 1.60. The maximum atomic E-state index is 10.8. The molecule has 2 aromatic rings. The normalized spacial score (nSPS) is 12.1. The Kier molecular flexibility index (Phi) is 3.27. The molecule has 1 heterocycles. The number of aryl methyl sites for hydroxylation is 1. The molecule has 2 rings (SSSR count). The van der Waals surface area contributed by atoms with Crippen LogP contribution in [-0.2, 0) is 11.8 Å². The molecular weight excluding hydrogens is 232 g/mol. The van der Waals surface area contributed by atoms with Crippen LogP contribution in [0, 0.1) is 0 Å². The van der Waals surface area contributed by atoms with Crippen LogP contribution in [0.15, 0.2) is 30.6 Å². The smallest absolute Gasteiger partial charge is 0.325 e. The minimum Gasteiger partial charge on any atom is -0.480 e. The van der Waals surface area contributed by atoms with Crippen molar-refractivity contribution in [3.05, 3.63) is 30.6 Å². The van der Waals surface area contributed by atoms with E-state index in [9.17, 15) is 4.79 Å². The number of carboxylic acids is 1. The number of carboxylic acid groups (broad SMARTS) is 1. The zero-order valence-electron chi connectivity index (χ0n) is 10.2. The Labute approximate surface area is 104 Å². The summed E-state index contributed by atoms with van der Waals surface area (Å²) < 4.78 is 1.81. The maximum absolute atomic E-state index is 10.8. The number of hydrogen-bond donors (Lipinski definition) is 2. The molecule has 0 saturated heterocycles. The van der Waals surface area contributed by atoms with Gasteiger partial charge in [0.25, 0.3) is 0 Å². The lowest BCUT2D eigenvalue weighted by atomic mass is 10.1. The Morgan fingerprint density at radius 3 is 2.89 bits per heavy atom. The molecule has 2 N–H and O–H groups in total. The average molecular weight is 246 g/mol. The zero-order chi connectivity index (χ0) is 13.1. The van der Waals surface area contributed by atoms with Crippen molar-refractivity contribution in [2.45, 2.75) is 13.0 Å². The van der Waals surface area contributed by atoms with E-state index >= 15 is 0 Å². The van der Waals surface area contributed by atoms with Crippen molar-refractivity contribution in [3.63, 3.8) is 0 Å². The Bertz CT molecular complexity index is 565. The number of benzene rings is 1. The second kappa shape index (κ2) is 4.87. The standard InChI is InChI=1S/C12H14N4O2/c1-8(12(17)18)14-10-5-3-4-9(6-10)11-15-13-7-16(11)2/h3-8,14H,1-2H3,(H,17,18). The fraction of sp³-hybridized carbons (Fsp3) is 0.250. The first-order valence-corrected chi connectivity index (χ1v) is 5.51. The van der Waals surface area contributed by atoms with E-state index in [0.29, 0.717) is 0 Å². The molecule has 0 saturated carbocycles. The average Bonchev–Trinajstić information content (AvgIpc) is 2.75. The maximum Gasteiger partial charge on any atom is 0.325 e. The summed E-state index contributed by atoms with van der Waals surface area (Å²) in [6.07, 6.45) is 1.62. The second-order valence-corrected chi connectivity index (χ2v) is 4.05. The third-order valence-corrected chi connectivity index (χ3v) is 2.59. The Hall–Kier alpha value is -2.37. The summed E-state index contributed by atoms with van der Waals surface area (Å²) in [4.78, 5) is 10.8. The van der Waals surface area contributed by atoms with Crippen LogP contribution in [0.3, 0.4) is 0 Å². The van der Waals surface area contributed by atoms with Gasteiger partial charge in [-0.2, -0.15) is 0 Å². The van der Waals surface area contributed by atoms with Gasteiger partial charge in [-0.05, 0) is 19.1 Å². The molecule has 1 aromatic heterocycles.